The molecule has 2 N–H and O–H groups in total. The molecule has 3 heteroatoms. The van der Waals surface area contributed by atoms with Gasteiger partial charge in [-0.05, 0) is 51.3 Å². The molecular formula is C15H20N2S. The van der Waals surface area contributed by atoms with Crippen molar-refractivity contribution in [2.24, 2.45) is 5.73 Å². The van der Waals surface area contributed by atoms with Crippen LogP contribution in [0.25, 0.3) is 10.6 Å². The molecule has 2 rings (SSSR count). The first-order valence-corrected chi connectivity index (χ1v) is 7.00. The lowest BCUT2D eigenvalue weighted by molar-refractivity contribution is 0.539. The quantitative estimate of drug-likeness (QED) is 0.888. The van der Waals surface area contributed by atoms with Gasteiger partial charge in [0.25, 0.3) is 0 Å². The summed E-state index contributed by atoms with van der Waals surface area (Å²) in [6, 6.07) is 4.32. The van der Waals surface area contributed by atoms with E-state index in [0.29, 0.717) is 0 Å². The maximum atomic E-state index is 6.08. The van der Waals surface area contributed by atoms with Crippen molar-refractivity contribution in [2.75, 3.05) is 0 Å². The lowest BCUT2D eigenvalue weighted by Gasteiger charge is -2.14. The average molecular weight is 260 g/mol. The minimum Gasteiger partial charge on any atom is -0.321 e. The van der Waals surface area contributed by atoms with E-state index in [1.165, 1.54) is 22.3 Å². The summed E-state index contributed by atoms with van der Waals surface area (Å²) in [5, 5.41) is 3.12. The van der Waals surface area contributed by atoms with E-state index in [2.05, 4.69) is 43.3 Å². The van der Waals surface area contributed by atoms with Crippen molar-refractivity contribution in [1.82, 2.24) is 4.98 Å². The molecule has 1 aromatic carbocycles. The number of nitrogens with zero attached hydrogens (tertiary/aromatic N) is 1. The number of aromatic nitrogens is 1. The fourth-order valence-corrected chi connectivity index (χ4v) is 2.96. The maximum Gasteiger partial charge on any atom is 0.123 e. The number of benzene rings is 1. The zero-order valence-corrected chi connectivity index (χ0v) is 12.5. The van der Waals surface area contributed by atoms with Crippen molar-refractivity contribution in [3.05, 3.63) is 39.9 Å². The van der Waals surface area contributed by atoms with Gasteiger partial charge in [-0.2, -0.15) is 0 Å². The van der Waals surface area contributed by atoms with Crippen LogP contribution in [0.5, 0.6) is 0 Å². The number of aryl methyl sites for hydroxylation is 1. The monoisotopic (exact) mass is 260 g/mol. The van der Waals surface area contributed by atoms with Crippen LogP contribution in [0.4, 0.5) is 0 Å². The van der Waals surface area contributed by atoms with Gasteiger partial charge in [-0.25, -0.2) is 4.98 Å². The van der Waals surface area contributed by atoms with Crippen LogP contribution in [0.3, 0.4) is 0 Å². The second kappa shape index (κ2) is 4.48. The summed E-state index contributed by atoms with van der Waals surface area (Å²) in [6.07, 6.45) is 0. The zero-order valence-electron chi connectivity index (χ0n) is 11.7. The Morgan fingerprint density at radius 1 is 1.11 bits per heavy atom. The molecule has 0 atom stereocenters. The molecule has 2 nitrogen and oxygen atoms in total. The molecule has 0 saturated carbocycles. The largest absolute Gasteiger partial charge is 0.321 e. The molecule has 1 aromatic heterocycles. The molecule has 0 radical (unpaired) electrons. The molecule has 0 bridgehead atoms. The topological polar surface area (TPSA) is 38.9 Å². The number of hydrogen-bond acceptors (Lipinski definition) is 3. The Labute approximate surface area is 113 Å². The van der Waals surface area contributed by atoms with Gasteiger partial charge in [0.1, 0.15) is 5.01 Å². The van der Waals surface area contributed by atoms with Crippen LogP contribution in [0, 0.1) is 20.8 Å². The standard InChI is InChI=1S/C15H20N2S/c1-9-6-7-12(11(3)10(9)2)14-17-13(8-18-14)15(4,5)16/h6-8H,16H2,1-5H3. The van der Waals surface area contributed by atoms with E-state index in [1.807, 2.05) is 13.8 Å². The Hall–Kier alpha value is -1.19. The first kappa shape index (κ1) is 13.2. The van der Waals surface area contributed by atoms with E-state index in [0.717, 1.165) is 10.7 Å². The van der Waals surface area contributed by atoms with Crippen molar-refractivity contribution in [2.45, 2.75) is 40.2 Å². The molecular weight excluding hydrogens is 240 g/mol. The van der Waals surface area contributed by atoms with Gasteiger partial charge < -0.3 is 5.73 Å². The third-order valence-electron chi connectivity index (χ3n) is 3.45. The predicted octanol–water partition coefficient (Wildman–Crippen LogP) is 3.93. The Bertz CT molecular complexity index is 577. The average Bonchev–Trinajstić information content (AvgIpc) is 2.75. The van der Waals surface area contributed by atoms with Gasteiger partial charge in [-0.15, -0.1) is 11.3 Å². The molecule has 0 spiro atoms. The molecule has 1 heterocycles. The molecule has 18 heavy (non-hydrogen) atoms. The van der Waals surface area contributed by atoms with Crippen molar-refractivity contribution in [3.8, 4) is 10.6 Å². The van der Waals surface area contributed by atoms with E-state index in [1.54, 1.807) is 11.3 Å². The number of nitrogens with two attached hydrogens (primary N) is 1. The third-order valence-corrected chi connectivity index (χ3v) is 4.33. The van der Waals surface area contributed by atoms with Gasteiger partial charge in [0.05, 0.1) is 11.2 Å². The van der Waals surface area contributed by atoms with Crippen LogP contribution in [0.15, 0.2) is 17.5 Å². The first-order valence-electron chi connectivity index (χ1n) is 6.13. The molecule has 0 unspecified atom stereocenters. The highest BCUT2D eigenvalue weighted by atomic mass is 32.1. The molecule has 0 saturated heterocycles. The fourth-order valence-electron chi connectivity index (χ4n) is 1.88. The van der Waals surface area contributed by atoms with Crippen molar-refractivity contribution >= 4 is 11.3 Å². The third kappa shape index (κ3) is 2.33. The SMILES string of the molecule is Cc1ccc(-c2nc(C(C)(C)N)cs2)c(C)c1C. The van der Waals surface area contributed by atoms with Crippen LogP contribution >= 0.6 is 11.3 Å². The molecule has 2 aromatic rings. The van der Waals surface area contributed by atoms with Gasteiger partial charge in [-0.1, -0.05) is 12.1 Å². The molecule has 0 aliphatic rings. The molecule has 96 valence electrons. The number of hydrogen-bond donors (Lipinski definition) is 1. The maximum absolute atomic E-state index is 6.08. The highest BCUT2D eigenvalue weighted by molar-refractivity contribution is 7.13. The Kier molecular flexibility index (Phi) is 3.30. The summed E-state index contributed by atoms with van der Waals surface area (Å²) in [7, 11) is 0. The lowest BCUT2D eigenvalue weighted by Crippen LogP contribution is -2.28. The summed E-state index contributed by atoms with van der Waals surface area (Å²) in [4.78, 5) is 4.68. The van der Waals surface area contributed by atoms with Crippen LogP contribution in [0.1, 0.15) is 36.2 Å². The van der Waals surface area contributed by atoms with Crippen molar-refractivity contribution < 1.29 is 0 Å². The second-order valence-corrected chi connectivity index (χ2v) is 6.30. The number of rotatable bonds is 2. The zero-order chi connectivity index (χ0) is 13.5. The Morgan fingerprint density at radius 2 is 1.78 bits per heavy atom. The van der Waals surface area contributed by atoms with Gasteiger partial charge in [0, 0.05) is 10.9 Å². The smallest absolute Gasteiger partial charge is 0.123 e. The normalized spacial score (nSPS) is 11.9. The summed E-state index contributed by atoms with van der Waals surface area (Å²) in [5.41, 5.74) is 11.9. The summed E-state index contributed by atoms with van der Waals surface area (Å²) in [6.45, 7) is 10.4. The van der Waals surface area contributed by atoms with Crippen LogP contribution in [-0.2, 0) is 5.54 Å². The summed E-state index contributed by atoms with van der Waals surface area (Å²) < 4.78 is 0. The summed E-state index contributed by atoms with van der Waals surface area (Å²) >= 11 is 1.67. The van der Waals surface area contributed by atoms with Crippen LogP contribution in [0.2, 0.25) is 0 Å². The van der Waals surface area contributed by atoms with Crippen LogP contribution < -0.4 is 5.73 Å². The van der Waals surface area contributed by atoms with Gasteiger partial charge in [0.15, 0.2) is 0 Å². The molecule has 0 fully saturated rings. The first-order chi connectivity index (χ1) is 8.30. The van der Waals surface area contributed by atoms with E-state index in [9.17, 15) is 0 Å². The van der Waals surface area contributed by atoms with Gasteiger partial charge >= 0.3 is 0 Å². The van der Waals surface area contributed by atoms with E-state index in [-0.39, 0.29) is 5.54 Å². The predicted molar refractivity (Wildman–Crippen MR) is 79.0 cm³/mol. The lowest BCUT2D eigenvalue weighted by atomic mass is 9.99. The van der Waals surface area contributed by atoms with Crippen molar-refractivity contribution in [3.63, 3.8) is 0 Å². The highest BCUT2D eigenvalue weighted by Gasteiger charge is 2.19. The van der Waals surface area contributed by atoms with E-state index < -0.39 is 0 Å². The minimum atomic E-state index is -0.373. The highest BCUT2D eigenvalue weighted by Crippen LogP contribution is 2.31. The minimum absolute atomic E-state index is 0.373. The van der Waals surface area contributed by atoms with Gasteiger partial charge in [-0.3, -0.25) is 0 Å². The van der Waals surface area contributed by atoms with Crippen molar-refractivity contribution in [1.29, 1.82) is 0 Å². The Balaban J connectivity index is 2.50. The van der Waals surface area contributed by atoms with E-state index >= 15 is 0 Å². The summed E-state index contributed by atoms with van der Waals surface area (Å²) in [5.74, 6) is 0. The Morgan fingerprint density at radius 3 is 2.33 bits per heavy atom. The molecule has 0 amide bonds. The number of thiazole rings is 1. The van der Waals surface area contributed by atoms with Gasteiger partial charge in [0.2, 0.25) is 0 Å². The molecule has 0 aliphatic carbocycles. The molecule has 0 aliphatic heterocycles. The van der Waals surface area contributed by atoms with Crippen LogP contribution in [-0.4, -0.2) is 4.98 Å². The van der Waals surface area contributed by atoms with E-state index in [4.69, 9.17) is 5.73 Å². The second-order valence-electron chi connectivity index (χ2n) is 5.44. The fraction of sp³-hybridized carbons (Fsp3) is 0.400.